The molecule has 0 fully saturated rings. The number of hydrogen-bond donors (Lipinski definition) is 1. The fourth-order valence-corrected chi connectivity index (χ4v) is 3.14. The first-order valence-electron chi connectivity index (χ1n) is 8.92. The summed E-state index contributed by atoms with van der Waals surface area (Å²) in [6, 6.07) is 12.7. The number of carbonyl (C=O) groups is 1. The van der Waals surface area contributed by atoms with Crippen LogP contribution in [0.25, 0.3) is 6.08 Å². The molecule has 0 bridgehead atoms. The number of amides is 1. The number of aromatic nitrogens is 1. The van der Waals surface area contributed by atoms with Crippen molar-refractivity contribution >= 4 is 29.0 Å². The molecule has 0 unspecified atom stereocenters. The molecular formula is C22H22N2O4S. The topological polar surface area (TPSA) is 69.7 Å². The Kier molecular flexibility index (Phi) is 6.86. The molecule has 0 spiro atoms. The van der Waals surface area contributed by atoms with Gasteiger partial charge in [0.2, 0.25) is 5.91 Å². The van der Waals surface area contributed by atoms with E-state index < -0.39 is 0 Å². The standard InChI is InChI=1S/C22H22N2O4S/c1-15-23-18(14-29-15)13-28-19-7-4-16(5-8-19)6-9-22(25)24-17-10-20(26-2)12-21(11-17)27-3/h4-12,14H,13H2,1-3H3,(H,24,25)/b9-6+. The third kappa shape index (κ3) is 6.08. The number of ether oxygens (including phenoxy) is 3. The summed E-state index contributed by atoms with van der Waals surface area (Å²) in [6.45, 7) is 2.40. The van der Waals surface area contributed by atoms with Gasteiger partial charge in [0.15, 0.2) is 0 Å². The Bertz CT molecular complexity index is 974. The maximum atomic E-state index is 12.2. The highest BCUT2D eigenvalue weighted by molar-refractivity contribution is 7.09. The van der Waals surface area contributed by atoms with Gasteiger partial charge in [-0.1, -0.05) is 12.1 Å². The van der Waals surface area contributed by atoms with Crippen molar-refractivity contribution in [1.29, 1.82) is 0 Å². The number of nitrogens with zero attached hydrogens (tertiary/aromatic N) is 1. The summed E-state index contributed by atoms with van der Waals surface area (Å²) in [4.78, 5) is 16.6. The average molecular weight is 410 g/mol. The van der Waals surface area contributed by atoms with Gasteiger partial charge in [-0.25, -0.2) is 4.98 Å². The van der Waals surface area contributed by atoms with E-state index in [0.717, 1.165) is 22.0 Å². The second-order valence-corrected chi connectivity index (χ2v) is 7.20. The predicted octanol–water partition coefficient (Wildman–Crippen LogP) is 4.70. The molecule has 29 heavy (non-hydrogen) atoms. The van der Waals surface area contributed by atoms with Gasteiger partial charge in [0, 0.05) is 35.3 Å². The molecule has 0 radical (unpaired) electrons. The average Bonchev–Trinajstić information content (AvgIpc) is 3.16. The van der Waals surface area contributed by atoms with E-state index in [9.17, 15) is 4.79 Å². The van der Waals surface area contributed by atoms with Gasteiger partial charge in [-0.15, -0.1) is 11.3 Å². The minimum atomic E-state index is -0.250. The van der Waals surface area contributed by atoms with Gasteiger partial charge >= 0.3 is 0 Å². The molecule has 150 valence electrons. The van der Waals surface area contributed by atoms with Crippen molar-refractivity contribution < 1.29 is 19.0 Å². The van der Waals surface area contributed by atoms with Crippen LogP contribution in [0.1, 0.15) is 16.3 Å². The first-order valence-corrected chi connectivity index (χ1v) is 9.79. The van der Waals surface area contributed by atoms with E-state index in [1.54, 1.807) is 49.8 Å². The fourth-order valence-electron chi connectivity index (χ4n) is 2.54. The SMILES string of the molecule is COc1cc(NC(=O)/C=C/c2ccc(OCc3csc(C)n3)cc2)cc(OC)c1. The Balaban J connectivity index is 1.56. The number of thiazole rings is 1. The third-order valence-electron chi connectivity index (χ3n) is 3.98. The molecule has 3 rings (SSSR count). The molecule has 0 saturated heterocycles. The Labute approximate surface area is 173 Å². The highest BCUT2D eigenvalue weighted by atomic mass is 32.1. The molecule has 0 aliphatic rings. The van der Waals surface area contributed by atoms with Gasteiger partial charge in [0.05, 0.1) is 24.9 Å². The van der Waals surface area contributed by atoms with Crippen molar-refractivity contribution in [3.8, 4) is 17.2 Å². The lowest BCUT2D eigenvalue weighted by Crippen LogP contribution is -2.08. The molecule has 6 nitrogen and oxygen atoms in total. The van der Waals surface area contributed by atoms with Crippen LogP contribution < -0.4 is 19.5 Å². The van der Waals surface area contributed by atoms with Crippen LogP contribution in [0, 0.1) is 6.92 Å². The number of rotatable bonds is 8. The molecule has 7 heteroatoms. The van der Waals surface area contributed by atoms with Crippen molar-refractivity contribution in [2.45, 2.75) is 13.5 Å². The largest absolute Gasteiger partial charge is 0.497 e. The van der Waals surface area contributed by atoms with Crippen molar-refractivity contribution in [1.82, 2.24) is 4.98 Å². The predicted molar refractivity (Wildman–Crippen MR) is 115 cm³/mol. The smallest absolute Gasteiger partial charge is 0.248 e. The number of nitrogens with one attached hydrogen (secondary N) is 1. The van der Waals surface area contributed by atoms with Gasteiger partial charge in [-0.05, 0) is 30.7 Å². The first-order chi connectivity index (χ1) is 14.1. The van der Waals surface area contributed by atoms with E-state index in [1.165, 1.54) is 6.08 Å². The van der Waals surface area contributed by atoms with Gasteiger partial charge in [0.25, 0.3) is 0 Å². The van der Waals surface area contributed by atoms with Crippen LogP contribution in [0.2, 0.25) is 0 Å². The molecule has 0 aliphatic heterocycles. The van der Waals surface area contributed by atoms with Gasteiger partial charge < -0.3 is 19.5 Å². The van der Waals surface area contributed by atoms with Crippen LogP contribution in [0.4, 0.5) is 5.69 Å². The molecule has 1 aromatic heterocycles. The number of carbonyl (C=O) groups excluding carboxylic acids is 1. The van der Waals surface area contributed by atoms with Crippen LogP contribution in [0.15, 0.2) is 53.9 Å². The van der Waals surface area contributed by atoms with E-state index in [2.05, 4.69) is 10.3 Å². The zero-order valence-electron chi connectivity index (χ0n) is 16.5. The van der Waals surface area contributed by atoms with Crippen molar-refractivity contribution in [2.24, 2.45) is 0 Å². The van der Waals surface area contributed by atoms with E-state index in [1.807, 2.05) is 36.6 Å². The number of anilines is 1. The third-order valence-corrected chi connectivity index (χ3v) is 4.80. The molecule has 3 aromatic rings. The van der Waals surface area contributed by atoms with E-state index in [-0.39, 0.29) is 5.91 Å². The molecule has 1 heterocycles. The van der Waals surface area contributed by atoms with Gasteiger partial charge in [-0.2, -0.15) is 0 Å². The molecule has 0 aliphatic carbocycles. The van der Waals surface area contributed by atoms with Crippen LogP contribution in [0.3, 0.4) is 0 Å². The number of hydrogen-bond acceptors (Lipinski definition) is 6. The first kappa shape index (κ1) is 20.4. The molecular weight excluding hydrogens is 388 g/mol. The minimum Gasteiger partial charge on any atom is -0.497 e. The van der Waals surface area contributed by atoms with Crippen LogP contribution in [-0.2, 0) is 11.4 Å². The van der Waals surface area contributed by atoms with E-state index in [4.69, 9.17) is 14.2 Å². The zero-order valence-corrected chi connectivity index (χ0v) is 17.3. The van der Waals surface area contributed by atoms with Crippen molar-refractivity contribution in [3.05, 3.63) is 70.2 Å². The van der Waals surface area contributed by atoms with Gasteiger partial charge in [-0.3, -0.25) is 4.79 Å². The second kappa shape index (κ2) is 9.75. The summed E-state index contributed by atoms with van der Waals surface area (Å²) in [6.07, 6.45) is 3.21. The zero-order chi connectivity index (χ0) is 20.6. The lowest BCUT2D eigenvalue weighted by Gasteiger charge is -2.08. The lowest BCUT2D eigenvalue weighted by atomic mass is 10.2. The fraction of sp³-hybridized carbons (Fsp3) is 0.182. The van der Waals surface area contributed by atoms with Crippen LogP contribution in [0.5, 0.6) is 17.2 Å². The lowest BCUT2D eigenvalue weighted by molar-refractivity contribution is -0.111. The quantitative estimate of drug-likeness (QED) is 0.545. The number of aryl methyl sites for hydroxylation is 1. The summed E-state index contributed by atoms with van der Waals surface area (Å²) in [7, 11) is 3.12. The molecule has 0 atom stereocenters. The van der Waals surface area contributed by atoms with Crippen molar-refractivity contribution in [3.63, 3.8) is 0 Å². The van der Waals surface area contributed by atoms with Crippen molar-refractivity contribution in [2.75, 3.05) is 19.5 Å². The van der Waals surface area contributed by atoms with E-state index in [0.29, 0.717) is 23.8 Å². The number of benzene rings is 2. The molecule has 0 saturated carbocycles. The highest BCUT2D eigenvalue weighted by Gasteiger charge is 2.04. The highest BCUT2D eigenvalue weighted by Crippen LogP contribution is 2.25. The van der Waals surface area contributed by atoms with Crippen LogP contribution in [-0.4, -0.2) is 25.1 Å². The Hall–Kier alpha value is -3.32. The van der Waals surface area contributed by atoms with Crippen LogP contribution >= 0.6 is 11.3 Å². The molecule has 1 N–H and O–H groups in total. The van der Waals surface area contributed by atoms with E-state index >= 15 is 0 Å². The monoisotopic (exact) mass is 410 g/mol. The summed E-state index contributed by atoms with van der Waals surface area (Å²) in [5.41, 5.74) is 2.40. The Morgan fingerprint density at radius 2 is 1.76 bits per heavy atom. The summed E-state index contributed by atoms with van der Waals surface area (Å²) in [5, 5.41) is 5.81. The maximum absolute atomic E-state index is 12.2. The number of methoxy groups -OCH3 is 2. The second-order valence-electron chi connectivity index (χ2n) is 6.14. The Morgan fingerprint density at radius 1 is 1.07 bits per heavy atom. The minimum absolute atomic E-state index is 0.250. The summed E-state index contributed by atoms with van der Waals surface area (Å²) >= 11 is 1.60. The normalized spacial score (nSPS) is 10.7. The summed E-state index contributed by atoms with van der Waals surface area (Å²) < 4.78 is 16.1. The maximum Gasteiger partial charge on any atom is 0.248 e. The molecule has 2 aromatic carbocycles. The summed E-state index contributed by atoms with van der Waals surface area (Å²) in [5.74, 6) is 1.71. The molecule has 1 amide bonds. The van der Waals surface area contributed by atoms with Gasteiger partial charge in [0.1, 0.15) is 23.9 Å². The Morgan fingerprint density at radius 3 is 2.34 bits per heavy atom.